The molecule has 4 aromatic heterocycles. The van der Waals surface area contributed by atoms with Gasteiger partial charge in [-0.25, -0.2) is 15.4 Å². The van der Waals surface area contributed by atoms with E-state index in [4.69, 9.17) is 16.4 Å². The molecule has 0 unspecified atom stereocenters. The van der Waals surface area contributed by atoms with Gasteiger partial charge in [-0.3, -0.25) is 33.8 Å². The molecule has 0 spiro atoms. The number of aromatic nitrogens is 6. The fourth-order valence-electron chi connectivity index (χ4n) is 2.87. The maximum Gasteiger partial charge on any atom is 0.295 e. The molecule has 38 heavy (non-hydrogen) atoms. The zero-order valence-electron chi connectivity index (χ0n) is 21.9. The Balaban J connectivity index is 0.000000329. The summed E-state index contributed by atoms with van der Waals surface area (Å²) in [5.74, 6) is -0.248. The second-order valence-electron chi connectivity index (χ2n) is 7.29. The van der Waals surface area contributed by atoms with Gasteiger partial charge in [0.1, 0.15) is 11.4 Å². The first-order chi connectivity index (χ1) is 17.7. The lowest BCUT2D eigenvalue weighted by Crippen LogP contribution is -3.00. The summed E-state index contributed by atoms with van der Waals surface area (Å²) in [6.45, 7) is 0. The maximum absolute atomic E-state index is 12.0. The van der Waals surface area contributed by atoms with Crippen LogP contribution in [0, 0.1) is 0 Å². The lowest BCUT2D eigenvalue weighted by molar-refractivity contribution is -0.871. The third-order valence-corrected chi connectivity index (χ3v) is 5.08. The molecule has 0 aliphatic carbocycles. The minimum atomic E-state index is -0.514. The predicted octanol–water partition coefficient (Wildman–Crippen LogP) is -1.28. The third kappa shape index (κ3) is 9.01. The number of rotatable bonds is 6. The lowest BCUT2D eigenvalue weighted by Gasteiger charge is -2.12. The largest absolute Gasteiger partial charge is 1.00 e. The molecule has 4 rings (SSSR count). The van der Waals surface area contributed by atoms with Crippen molar-refractivity contribution in [3.8, 4) is 22.5 Å². The van der Waals surface area contributed by atoms with Gasteiger partial charge >= 0.3 is 0 Å². The first-order valence-corrected chi connectivity index (χ1v) is 11.3. The number of pyridine rings is 2. The Morgan fingerprint density at radius 1 is 0.921 bits per heavy atom. The molecule has 0 radical (unpaired) electrons. The van der Waals surface area contributed by atoms with Crippen molar-refractivity contribution in [1.82, 2.24) is 34.6 Å². The molecule has 0 saturated carbocycles. The van der Waals surface area contributed by atoms with Gasteiger partial charge in [0.05, 0.1) is 32.7 Å². The van der Waals surface area contributed by atoms with Crippen LogP contribution >= 0.6 is 11.6 Å². The Morgan fingerprint density at radius 3 is 1.71 bits per heavy atom. The standard InChI is InChI=1S/C12H14N4O2.C10H8ClN3O.C2H7NO.ClH/c1-15-11(12(17)16(2)18-3)7-10(14-15)9-5-4-6-13-8-9;1-14-9(10(11)15)5-8(13-14)7-3-2-4-12-6-7;1-3-4-2;/h4-8H,1-3H3;2-6H,1H3;3H,1-2H3;1H. The number of halogens is 2. The molecule has 12 nitrogen and oxygen atoms in total. The monoisotopic (exact) mass is 564 g/mol. The summed E-state index contributed by atoms with van der Waals surface area (Å²) in [5.41, 5.74) is 5.58. The molecule has 204 valence electrons. The van der Waals surface area contributed by atoms with Crippen LogP contribution in [0.3, 0.4) is 0 Å². The maximum atomic E-state index is 12.0. The topological polar surface area (TPSA) is 134 Å². The molecule has 4 aromatic rings. The molecule has 0 aliphatic heterocycles. The summed E-state index contributed by atoms with van der Waals surface area (Å²) in [6.07, 6.45) is 6.76. The summed E-state index contributed by atoms with van der Waals surface area (Å²) in [5, 5.41) is 9.11. The number of aryl methyl sites for hydroxylation is 2. The van der Waals surface area contributed by atoms with Gasteiger partial charge in [-0.05, 0) is 48.0 Å². The van der Waals surface area contributed by atoms with Gasteiger partial charge in [0.2, 0.25) is 0 Å². The van der Waals surface area contributed by atoms with E-state index in [9.17, 15) is 9.59 Å². The third-order valence-electron chi connectivity index (χ3n) is 4.89. The quantitative estimate of drug-likeness (QED) is 0.226. The molecular weight excluding hydrogens is 535 g/mol. The smallest absolute Gasteiger partial charge is 0.295 e. The summed E-state index contributed by atoms with van der Waals surface area (Å²) in [4.78, 5) is 40.3. The van der Waals surface area contributed by atoms with Crippen molar-refractivity contribution in [1.29, 1.82) is 0 Å². The Hall–Kier alpha value is -3.68. The molecule has 0 saturated heterocycles. The molecule has 14 heteroatoms. The van der Waals surface area contributed by atoms with Crippen molar-refractivity contribution in [2.24, 2.45) is 14.1 Å². The number of hydrogen-bond acceptors (Lipinski definition) is 8. The number of hydrogen-bond donors (Lipinski definition) is 1. The van der Waals surface area contributed by atoms with Gasteiger partial charge in [-0.15, -0.1) is 0 Å². The first kappa shape index (κ1) is 32.3. The minimum Gasteiger partial charge on any atom is -1.00 e. The molecule has 0 aromatic carbocycles. The predicted molar refractivity (Wildman–Crippen MR) is 137 cm³/mol. The molecule has 0 bridgehead atoms. The van der Waals surface area contributed by atoms with Gasteiger partial charge in [0.15, 0.2) is 0 Å². The van der Waals surface area contributed by atoms with Crippen molar-refractivity contribution in [2.75, 3.05) is 28.3 Å². The van der Waals surface area contributed by atoms with Crippen LogP contribution in [0.4, 0.5) is 0 Å². The second-order valence-corrected chi connectivity index (χ2v) is 7.63. The Bertz CT molecular complexity index is 1280. The molecule has 0 aliphatic rings. The average Bonchev–Trinajstić information content (AvgIpc) is 3.52. The lowest BCUT2D eigenvalue weighted by atomic mass is 10.2. The number of hydroxylamine groups is 3. The molecular formula is C24H30Cl2N8O4. The van der Waals surface area contributed by atoms with Crippen LogP contribution in [0.25, 0.3) is 22.5 Å². The number of quaternary nitrogens is 1. The Labute approximate surface area is 231 Å². The Morgan fingerprint density at radius 2 is 1.37 bits per heavy atom. The number of nitrogens with two attached hydrogens (primary N) is 1. The van der Waals surface area contributed by atoms with Gasteiger partial charge < -0.3 is 12.4 Å². The van der Waals surface area contributed by atoms with E-state index in [1.807, 2.05) is 31.3 Å². The zero-order valence-corrected chi connectivity index (χ0v) is 23.4. The number of carbonyl (C=O) groups excluding carboxylic acids is 2. The van der Waals surface area contributed by atoms with Crippen LogP contribution in [0.15, 0.2) is 61.2 Å². The van der Waals surface area contributed by atoms with Crippen molar-refractivity contribution < 1.29 is 37.2 Å². The first-order valence-electron chi connectivity index (χ1n) is 10.9. The van der Waals surface area contributed by atoms with Crippen LogP contribution < -0.4 is 17.9 Å². The van der Waals surface area contributed by atoms with Gasteiger partial charge in [0.25, 0.3) is 11.1 Å². The van der Waals surface area contributed by atoms with Crippen LogP contribution in [0.5, 0.6) is 0 Å². The van der Waals surface area contributed by atoms with E-state index in [0.717, 1.165) is 16.2 Å². The van der Waals surface area contributed by atoms with Gasteiger partial charge in [0, 0.05) is 57.1 Å². The summed E-state index contributed by atoms with van der Waals surface area (Å²) in [7, 11) is 9.85. The van der Waals surface area contributed by atoms with Crippen LogP contribution in [-0.2, 0) is 23.8 Å². The molecule has 2 N–H and O–H groups in total. The summed E-state index contributed by atoms with van der Waals surface area (Å²) < 4.78 is 2.98. The Kier molecular flexibility index (Phi) is 13.8. The fourth-order valence-corrected chi connectivity index (χ4v) is 3.05. The SMILES string of the molecule is CON(C)C(=O)c1cc(-c2cccnc2)nn1C.C[NH2+]OC.Cn1nc(-c2cccnc2)cc1C(=O)Cl.[Cl-]. The van der Waals surface area contributed by atoms with Crippen LogP contribution in [-0.4, -0.2) is 74.1 Å². The van der Waals surface area contributed by atoms with Crippen LogP contribution in [0.1, 0.15) is 21.0 Å². The number of amides is 1. The van der Waals surface area contributed by atoms with E-state index in [2.05, 4.69) is 25.0 Å². The van der Waals surface area contributed by atoms with E-state index in [1.165, 1.54) is 16.5 Å². The van der Waals surface area contributed by atoms with Crippen molar-refractivity contribution in [3.05, 3.63) is 72.6 Å². The van der Waals surface area contributed by atoms with E-state index >= 15 is 0 Å². The van der Waals surface area contributed by atoms with Crippen molar-refractivity contribution >= 4 is 22.8 Å². The van der Waals surface area contributed by atoms with Crippen molar-refractivity contribution in [3.63, 3.8) is 0 Å². The number of nitrogens with zero attached hydrogens (tertiary/aromatic N) is 7. The highest BCUT2D eigenvalue weighted by Gasteiger charge is 2.18. The molecule has 1 amide bonds. The van der Waals surface area contributed by atoms with Crippen LogP contribution in [0.2, 0.25) is 0 Å². The highest BCUT2D eigenvalue weighted by atomic mass is 35.5. The highest BCUT2D eigenvalue weighted by Crippen LogP contribution is 2.19. The molecule has 0 atom stereocenters. The van der Waals surface area contributed by atoms with E-state index in [0.29, 0.717) is 22.8 Å². The van der Waals surface area contributed by atoms with Crippen molar-refractivity contribution in [2.45, 2.75) is 0 Å². The van der Waals surface area contributed by atoms with Gasteiger partial charge in [-0.1, -0.05) is 0 Å². The second kappa shape index (κ2) is 16.2. The summed E-state index contributed by atoms with van der Waals surface area (Å²) in [6, 6.07) is 10.8. The van der Waals surface area contributed by atoms with E-state index in [-0.39, 0.29) is 18.3 Å². The van der Waals surface area contributed by atoms with Gasteiger partial charge in [-0.2, -0.15) is 10.2 Å². The summed E-state index contributed by atoms with van der Waals surface area (Å²) >= 11 is 5.39. The average molecular weight is 565 g/mol. The molecule has 0 fully saturated rings. The zero-order chi connectivity index (χ0) is 27.4. The van der Waals surface area contributed by atoms with E-state index < -0.39 is 5.24 Å². The minimum absolute atomic E-state index is 0. The normalized spacial score (nSPS) is 9.76. The highest BCUT2D eigenvalue weighted by molar-refractivity contribution is 6.67. The van der Waals surface area contributed by atoms with E-state index in [1.54, 1.807) is 70.7 Å². The number of carbonyl (C=O) groups is 2. The fraction of sp³-hybridized carbons (Fsp3) is 0.250. The molecule has 4 heterocycles.